The summed E-state index contributed by atoms with van der Waals surface area (Å²) < 4.78 is 14.1. The highest BCUT2D eigenvalue weighted by molar-refractivity contribution is 14.1. The summed E-state index contributed by atoms with van der Waals surface area (Å²) in [4.78, 5) is 0. The van der Waals surface area contributed by atoms with Gasteiger partial charge in [0.05, 0.1) is 6.54 Å². The van der Waals surface area contributed by atoms with Crippen LogP contribution in [0.3, 0.4) is 0 Å². The molecule has 0 aromatic carbocycles. The Bertz CT molecular complexity index is 187. The van der Waals surface area contributed by atoms with Crippen LogP contribution in [-0.2, 0) is 6.54 Å². The van der Waals surface area contributed by atoms with Crippen molar-refractivity contribution in [3.63, 3.8) is 0 Å². The molecule has 1 aromatic rings. The lowest BCUT2D eigenvalue weighted by Gasteiger charge is -1.91. The molecular formula is C5H6FIN2. The molecule has 50 valence electrons. The molecule has 4 heteroatoms. The van der Waals surface area contributed by atoms with Crippen molar-refractivity contribution >= 4 is 22.6 Å². The Morgan fingerprint density at radius 1 is 1.78 bits per heavy atom. The van der Waals surface area contributed by atoms with E-state index in [1.807, 2.05) is 6.07 Å². The molecule has 1 rings (SSSR count). The van der Waals surface area contributed by atoms with E-state index in [1.165, 1.54) is 0 Å². The SMILES string of the molecule is FCCn1ccc(I)n1. The first-order valence-corrected chi connectivity index (χ1v) is 3.66. The van der Waals surface area contributed by atoms with Crippen LogP contribution in [0.25, 0.3) is 0 Å². The van der Waals surface area contributed by atoms with E-state index in [-0.39, 0.29) is 6.67 Å². The number of halogens is 2. The van der Waals surface area contributed by atoms with Crippen molar-refractivity contribution in [2.75, 3.05) is 6.67 Å². The van der Waals surface area contributed by atoms with Crippen LogP contribution < -0.4 is 0 Å². The largest absolute Gasteiger partial charge is 0.269 e. The minimum absolute atomic E-state index is 0.349. The van der Waals surface area contributed by atoms with Gasteiger partial charge in [-0.25, -0.2) is 4.39 Å². The van der Waals surface area contributed by atoms with Gasteiger partial charge in [0, 0.05) is 6.20 Å². The molecule has 9 heavy (non-hydrogen) atoms. The van der Waals surface area contributed by atoms with Crippen LogP contribution in [0.1, 0.15) is 0 Å². The number of aryl methyl sites for hydroxylation is 1. The van der Waals surface area contributed by atoms with E-state index >= 15 is 0 Å². The van der Waals surface area contributed by atoms with Gasteiger partial charge >= 0.3 is 0 Å². The molecule has 0 bridgehead atoms. The summed E-state index contributed by atoms with van der Waals surface area (Å²) in [5.41, 5.74) is 0. The maximum absolute atomic E-state index is 11.6. The zero-order valence-electron chi connectivity index (χ0n) is 4.72. The first-order chi connectivity index (χ1) is 4.33. The lowest BCUT2D eigenvalue weighted by molar-refractivity contribution is 0.426. The standard InChI is InChI=1S/C5H6FIN2/c6-2-4-9-3-1-5(7)8-9/h1,3H,2,4H2. The van der Waals surface area contributed by atoms with Crippen molar-refractivity contribution in [1.29, 1.82) is 0 Å². The fourth-order valence-corrected chi connectivity index (χ4v) is 0.986. The smallest absolute Gasteiger partial charge is 0.123 e. The van der Waals surface area contributed by atoms with Gasteiger partial charge in [-0.3, -0.25) is 4.68 Å². The number of hydrogen-bond donors (Lipinski definition) is 0. The Morgan fingerprint density at radius 2 is 2.56 bits per heavy atom. The Morgan fingerprint density at radius 3 is 3.00 bits per heavy atom. The van der Waals surface area contributed by atoms with Crippen molar-refractivity contribution in [2.45, 2.75) is 6.54 Å². The fourth-order valence-electron chi connectivity index (χ4n) is 0.548. The molecule has 0 radical (unpaired) electrons. The lowest BCUT2D eigenvalue weighted by Crippen LogP contribution is -1.99. The van der Waals surface area contributed by atoms with E-state index in [0.717, 1.165) is 3.70 Å². The van der Waals surface area contributed by atoms with Crippen LogP contribution in [-0.4, -0.2) is 16.5 Å². The average molecular weight is 240 g/mol. The molecule has 1 heterocycles. The molecule has 0 aliphatic carbocycles. The van der Waals surface area contributed by atoms with E-state index in [0.29, 0.717) is 6.54 Å². The van der Waals surface area contributed by atoms with Crippen molar-refractivity contribution in [3.05, 3.63) is 16.0 Å². The highest BCUT2D eigenvalue weighted by Gasteiger charge is 1.91. The second kappa shape index (κ2) is 3.14. The number of nitrogens with zero attached hydrogens (tertiary/aromatic N) is 2. The van der Waals surface area contributed by atoms with Crippen LogP contribution in [0.4, 0.5) is 4.39 Å². The molecular weight excluding hydrogens is 234 g/mol. The predicted molar refractivity (Wildman–Crippen MR) is 40.9 cm³/mol. The Labute approximate surface area is 66.2 Å². The predicted octanol–water partition coefficient (Wildman–Crippen LogP) is 1.46. The van der Waals surface area contributed by atoms with Gasteiger partial charge in [-0.05, 0) is 28.7 Å². The van der Waals surface area contributed by atoms with Gasteiger partial charge in [0.15, 0.2) is 0 Å². The zero-order chi connectivity index (χ0) is 6.69. The monoisotopic (exact) mass is 240 g/mol. The van der Waals surface area contributed by atoms with Gasteiger partial charge in [-0.1, -0.05) is 0 Å². The topological polar surface area (TPSA) is 17.8 Å². The van der Waals surface area contributed by atoms with Crippen molar-refractivity contribution in [3.8, 4) is 0 Å². The number of rotatable bonds is 2. The van der Waals surface area contributed by atoms with Crippen molar-refractivity contribution < 1.29 is 4.39 Å². The van der Waals surface area contributed by atoms with Crippen LogP contribution in [0, 0.1) is 3.70 Å². The van der Waals surface area contributed by atoms with Crippen molar-refractivity contribution in [2.24, 2.45) is 0 Å². The second-order valence-corrected chi connectivity index (χ2v) is 2.70. The molecule has 2 nitrogen and oxygen atoms in total. The van der Waals surface area contributed by atoms with Gasteiger partial charge in [-0.15, -0.1) is 0 Å². The normalized spacial score (nSPS) is 10.0. The van der Waals surface area contributed by atoms with E-state index in [4.69, 9.17) is 0 Å². The molecule has 0 unspecified atom stereocenters. The van der Waals surface area contributed by atoms with Gasteiger partial charge in [0.25, 0.3) is 0 Å². The summed E-state index contributed by atoms with van der Waals surface area (Å²) >= 11 is 2.09. The molecule has 0 amide bonds. The Balaban J connectivity index is 2.61. The first kappa shape index (κ1) is 6.98. The zero-order valence-corrected chi connectivity index (χ0v) is 6.88. The van der Waals surface area contributed by atoms with Gasteiger partial charge in [0.2, 0.25) is 0 Å². The third kappa shape index (κ3) is 1.92. The molecule has 0 saturated heterocycles. The summed E-state index contributed by atoms with van der Waals surface area (Å²) in [6, 6.07) is 1.84. The van der Waals surface area contributed by atoms with Crippen LogP contribution in [0.15, 0.2) is 12.3 Å². The molecule has 0 N–H and O–H groups in total. The third-order valence-electron chi connectivity index (χ3n) is 0.922. The second-order valence-electron chi connectivity index (χ2n) is 1.59. The van der Waals surface area contributed by atoms with E-state index in [2.05, 4.69) is 27.7 Å². The van der Waals surface area contributed by atoms with E-state index in [1.54, 1.807) is 10.9 Å². The van der Waals surface area contributed by atoms with E-state index in [9.17, 15) is 4.39 Å². The quantitative estimate of drug-likeness (QED) is 0.715. The maximum atomic E-state index is 11.6. The maximum Gasteiger partial charge on any atom is 0.123 e. The van der Waals surface area contributed by atoms with Crippen LogP contribution in [0.5, 0.6) is 0 Å². The highest BCUT2D eigenvalue weighted by Crippen LogP contribution is 1.98. The van der Waals surface area contributed by atoms with Crippen LogP contribution >= 0.6 is 22.6 Å². The summed E-state index contributed by atoms with van der Waals surface area (Å²) in [5, 5.41) is 3.96. The third-order valence-corrected chi connectivity index (χ3v) is 1.50. The highest BCUT2D eigenvalue weighted by atomic mass is 127. The molecule has 0 saturated carbocycles. The van der Waals surface area contributed by atoms with Crippen LogP contribution in [0.2, 0.25) is 0 Å². The summed E-state index contributed by atoms with van der Waals surface area (Å²) in [6.07, 6.45) is 1.77. The minimum atomic E-state index is -0.349. The summed E-state index contributed by atoms with van der Waals surface area (Å²) in [6.45, 7) is 0.0146. The molecule has 0 fully saturated rings. The van der Waals surface area contributed by atoms with Gasteiger partial charge < -0.3 is 0 Å². The average Bonchev–Trinajstić information content (AvgIpc) is 2.17. The molecule has 1 aromatic heterocycles. The number of hydrogen-bond acceptors (Lipinski definition) is 1. The lowest BCUT2D eigenvalue weighted by atomic mass is 10.7. The van der Waals surface area contributed by atoms with Gasteiger partial charge in [0.1, 0.15) is 10.4 Å². The molecule has 0 aliphatic heterocycles. The molecule has 0 atom stereocenters. The Kier molecular flexibility index (Phi) is 2.44. The molecule has 0 aliphatic rings. The van der Waals surface area contributed by atoms with Gasteiger partial charge in [-0.2, -0.15) is 5.10 Å². The Hall–Kier alpha value is -0.130. The first-order valence-electron chi connectivity index (χ1n) is 2.58. The number of alkyl halides is 1. The summed E-state index contributed by atoms with van der Waals surface area (Å²) in [7, 11) is 0. The minimum Gasteiger partial charge on any atom is -0.269 e. The number of aromatic nitrogens is 2. The van der Waals surface area contributed by atoms with Crippen molar-refractivity contribution in [1.82, 2.24) is 9.78 Å². The fraction of sp³-hybridized carbons (Fsp3) is 0.400. The summed E-state index contributed by atoms with van der Waals surface area (Å²) in [5.74, 6) is 0. The van der Waals surface area contributed by atoms with E-state index < -0.39 is 0 Å². The molecule has 0 spiro atoms.